The Kier molecular flexibility index (Phi) is 4.05. The molecule has 2 rings (SSSR count). The van der Waals surface area contributed by atoms with E-state index in [1.807, 2.05) is 0 Å². The molecule has 0 aliphatic carbocycles. The second kappa shape index (κ2) is 5.75. The summed E-state index contributed by atoms with van der Waals surface area (Å²) >= 11 is 0. The molecule has 0 saturated carbocycles. The zero-order chi connectivity index (χ0) is 14.7. The average molecular weight is 276 g/mol. The first-order valence-corrected chi connectivity index (χ1v) is 6.08. The molecule has 0 spiro atoms. The minimum atomic E-state index is -0.709. The Morgan fingerprint density at radius 3 is 2.70 bits per heavy atom. The molecule has 0 aliphatic heterocycles. The number of rotatable bonds is 4. The van der Waals surface area contributed by atoms with E-state index < -0.39 is 18.0 Å². The maximum Gasteiger partial charge on any atom is 0.337 e. The Morgan fingerprint density at radius 1 is 1.30 bits per heavy atom. The summed E-state index contributed by atoms with van der Waals surface area (Å²) in [5.74, 6) is -0.847. The summed E-state index contributed by atoms with van der Waals surface area (Å²) in [4.78, 5) is 25.8. The van der Waals surface area contributed by atoms with E-state index in [4.69, 9.17) is 5.73 Å². The minimum absolute atomic E-state index is 0.365. The third-order valence-corrected chi connectivity index (χ3v) is 3.13. The van der Waals surface area contributed by atoms with Gasteiger partial charge in [0.25, 0.3) is 0 Å². The summed E-state index contributed by atoms with van der Waals surface area (Å²) in [5.41, 5.74) is 7.90. The van der Waals surface area contributed by atoms with Gasteiger partial charge in [0, 0.05) is 23.5 Å². The second-order valence-corrected chi connectivity index (χ2v) is 4.40. The lowest BCUT2D eigenvalue weighted by molar-refractivity contribution is -0.142. The maximum absolute atomic E-state index is 11.5. The molecule has 0 fully saturated rings. The van der Waals surface area contributed by atoms with Crippen molar-refractivity contribution in [2.24, 2.45) is 5.73 Å². The molecule has 1 aromatic carbocycles. The van der Waals surface area contributed by atoms with Crippen molar-refractivity contribution in [3.63, 3.8) is 0 Å². The number of H-pyrrole nitrogens is 1. The van der Waals surface area contributed by atoms with E-state index in [0.717, 1.165) is 16.5 Å². The molecule has 20 heavy (non-hydrogen) atoms. The first-order chi connectivity index (χ1) is 9.56. The van der Waals surface area contributed by atoms with Gasteiger partial charge in [-0.15, -0.1) is 0 Å². The van der Waals surface area contributed by atoms with E-state index in [1.165, 1.54) is 14.2 Å². The van der Waals surface area contributed by atoms with E-state index in [-0.39, 0.29) is 0 Å². The monoisotopic (exact) mass is 276 g/mol. The standard InChI is InChI=1S/C14H16N2O4/c1-19-13(17)8-3-4-10-9(7-16-12(10)6-8)5-11(15)14(18)20-2/h3-4,6-7,11,16H,5,15H2,1-2H3. The number of aromatic amines is 1. The highest BCUT2D eigenvalue weighted by molar-refractivity contribution is 5.95. The van der Waals surface area contributed by atoms with Crippen LogP contribution in [0.1, 0.15) is 15.9 Å². The third kappa shape index (κ3) is 2.65. The number of methoxy groups -OCH3 is 2. The Labute approximate surface area is 115 Å². The van der Waals surface area contributed by atoms with Crippen LogP contribution in [-0.4, -0.2) is 37.2 Å². The van der Waals surface area contributed by atoms with E-state index in [9.17, 15) is 9.59 Å². The molecular formula is C14H16N2O4. The fourth-order valence-electron chi connectivity index (χ4n) is 2.07. The van der Waals surface area contributed by atoms with Crippen LogP contribution in [0.4, 0.5) is 0 Å². The van der Waals surface area contributed by atoms with Crippen molar-refractivity contribution >= 4 is 22.8 Å². The van der Waals surface area contributed by atoms with Gasteiger partial charge < -0.3 is 20.2 Å². The largest absolute Gasteiger partial charge is 0.468 e. The van der Waals surface area contributed by atoms with Crippen LogP contribution in [0.3, 0.4) is 0 Å². The fourth-order valence-corrected chi connectivity index (χ4v) is 2.07. The van der Waals surface area contributed by atoms with E-state index in [2.05, 4.69) is 14.5 Å². The van der Waals surface area contributed by atoms with Gasteiger partial charge in [0.05, 0.1) is 19.8 Å². The molecule has 6 nitrogen and oxygen atoms in total. The van der Waals surface area contributed by atoms with Crippen molar-refractivity contribution < 1.29 is 19.1 Å². The Balaban J connectivity index is 2.29. The minimum Gasteiger partial charge on any atom is -0.468 e. The van der Waals surface area contributed by atoms with Gasteiger partial charge in [-0.2, -0.15) is 0 Å². The number of fused-ring (bicyclic) bond motifs is 1. The fraction of sp³-hybridized carbons (Fsp3) is 0.286. The molecule has 1 atom stereocenters. The third-order valence-electron chi connectivity index (χ3n) is 3.13. The highest BCUT2D eigenvalue weighted by atomic mass is 16.5. The molecule has 1 aromatic heterocycles. The van der Waals surface area contributed by atoms with E-state index in [1.54, 1.807) is 24.4 Å². The van der Waals surface area contributed by atoms with Crippen LogP contribution < -0.4 is 5.73 Å². The van der Waals surface area contributed by atoms with Gasteiger partial charge in [-0.25, -0.2) is 4.79 Å². The van der Waals surface area contributed by atoms with Crippen molar-refractivity contribution in [1.29, 1.82) is 0 Å². The molecular weight excluding hydrogens is 260 g/mol. The summed E-state index contributed by atoms with van der Waals surface area (Å²) in [5, 5.41) is 0.914. The highest BCUT2D eigenvalue weighted by Crippen LogP contribution is 2.21. The summed E-state index contributed by atoms with van der Waals surface area (Å²) in [6.45, 7) is 0. The van der Waals surface area contributed by atoms with Gasteiger partial charge in [0.1, 0.15) is 6.04 Å². The summed E-state index contributed by atoms with van der Waals surface area (Å²) in [6.07, 6.45) is 2.14. The van der Waals surface area contributed by atoms with Gasteiger partial charge in [-0.1, -0.05) is 6.07 Å². The SMILES string of the molecule is COC(=O)c1ccc2c(CC(N)C(=O)OC)c[nH]c2c1. The number of ether oxygens (including phenoxy) is 2. The van der Waals surface area contributed by atoms with Crippen LogP contribution in [0.5, 0.6) is 0 Å². The number of benzene rings is 1. The topological polar surface area (TPSA) is 94.4 Å². The number of carbonyl (C=O) groups is 2. The number of carbonyl (C=O) groups excluding carboxylic acids is 2. The normalized spacial score (nSPS) is 12.2. The van der Waals surface area contributed by atoms with Crippen LogP contribution in [-0.2, 0) is 20.7 Å². The van der Waals surface area contributed by atoms with Crippen molar-refractivity contribution in [3.8, 4) is 0 Å². The Bertz CT molecular complexity index is 648. The van der Waals surface area contributed by atoms with Crippen LogP contribution >= 0.6 is 0 Å². The number of aromatic nitrogens is 1. The van der Waals surface area contributed by atoms with Crippen LogP contribution in [0.2, 0.25) is 0 Å². The van der Waals surface area contributed by atoms with Gasteiger partial charge in [0.2, 0.25) is 0 Å². The Hall–Kier alpha value is -2.34. The number of hydrogen-bond donors (Lipinski definition) is 2. The summed E-state index contributed by atoms with van der Waals surface area (Å²) < 4.78 is 9.27. The molecule has 2 aromatic rings. The predicted octanol–water partition coefficient (Wildman–Crippen LogP) is 0.997. The van der Waals surface area contributed by atoms with Gasteiger partial charge >= 0.3 is 11.9 Å². The zero-order valence-electron chi connectivity index (χ0n) is 11.3. The van der Waals surface area contributed by atoms with Crippen molar-refractivity contribution in [1.82, 2.24) is 4.98 Å². The van der Waals surface area contributed by atoms with Crippen molar-refractivity contribution in [2.45, 2.75) is 12.5 Å². The number of nitrogens with one attached hydrogen (secondary N) is 1. The second-order valence-electron chi connectivity index (χ2n) is 4.40. The highest BCUT2D eigenvalue weighted by Gasteiger charge is 2.17. The average Bonchev–Trinajstić information content (AvgIpc) is 2.87. The van der Waals surface area contributed by atoms with Crippen molar-refractivity contribution in [3.05, 3.63) is 35.5 Å². The smallest absolute Gasteiger partial charge is 0.337 e. The quantitative estimate of drug-likeness (QED) is 0.812. The first kappa shape index (κ1) is 14.1. The lowest BCUT2D eigenvalue weighted by Gasteiger charge is -2.08. The van der Waals surface area contributed by atoms with Gasteiger partial charge in [0.15, 0.2) is 0 Å². The van der Waals surface area contributed by atoms with E-state index >= 15 is 0 Å². The zero-order valence-corrected chi connectivity index (χ0v) is 11.3. The lowest BCUT2D eigenvalue weighted by atomic mass is 10.0. The van der Waals surface area contributed by atoms with Gasteiger partial charge in [-0.3, -0.25) is 4.79 Å². The summed E-state index contributed by atoms with van der Waals surface area (Å²) in [6, 6.07) is 4.47. The molecule has 1 unspecified atom stereocenters. The van der Waals surface area contributed by atoms with Crippen LogP contribution in [0.25, 0.3) is 10.9 Å². The lowest BCUT2D eigenvalue weighted by Crippen LogP contribution is -2.33. The molecule has 6 heteroatoms. The van der Waals surface area contributed by atoms with Crippen LogP contribution in [0.15, 0.2) is 24.4 Å². The maximum atomic E-state index is 11.5. The molecule has 3 N–H and O–H groups in total. The van der Waals surface area contributed by atoms with Crippen LogP contribution in [0, 0.1) is 0 Å². The number of hydrogen-bond acceptors (Lipinski definition) is 5. The molecule has 0 saturated heterocycles. The Morgan fingerprint density at radius 2 is 2.05 bits per heavy atom. The molecule has 106 valence electrons. The molecule has 0 amide bonds. The predicted molar refractivity (Wildman–Crippen MR) is 73.3 cm³/mol. The van der Waals surface area contributed by atoms with Crippen molar-refractivity contribution in [2.75, 3.05) is 14.2 Å². The molecule has 1 heterocycles. The molecule has 0 bridgehead atoms. The molecule has 0 aliphatic rings. The first-order valence-electron chi connectivity index (χ1n) is 6.08. The molecule has 0 radical (unpaired) electrons. The number of esters is 2. The number of nitrogens with two attached hydrogens (primary N) is 1. The van der Waals surface area contributed by atoms with E-state index in [0.29, 0.717) is 12.0 Å². The summed E-state index contributed by atoms with van der Waals surface area (Å²) in [7, 11) is 2.64. The van der Waals surface area contributed by atoms with Gasteiger partial charge in [-0.05, 0) is 17.7 Å².